The minimum Gasteiger partial charge on any atom is -0.361 e. The number of aliphatic imine (C=N–C) groups is 1. The van der Waals surface area contributed by atoms with Gasteiger partial charge in [-0.3, -0.25) is 4.99 Å². The average Bonchev–Trinajstić information content (AvgIpc) is 3.41. The van der Waals surface area contributed by atoms with E-state index in [0.29, 0.717) is 0 Å². The van der Waals surface area contributed by atoms with Gasteiger partial charge in [-0.25, -0.2) is 0 Å². The summed E-state index contributed by atoms with van der Waals surface area (Å²) in [5, 5.41) is 7.82. The van der Waals surface area contributed by atoms with Crippen LogP contribution in [0.15, 0.2) is 151 Å². The van der Waals surface area contributed by atoms with Crippen molar-refractivity contribution in [3.8, 4) is 0 Å². The highest BCUT2D eigenvalue weighted by Crippen LogP contribution is 2.39. The first-order valence-electron chi connectivity index (χ1n) is 12.3. The summed E-state index contributed by atoms with van der Waals surface area (Å²) in [6.45, 7) is 0. The predicted molar refractivity (Wildman–Crippen MR) is 153 cm³/mol. The molecule has 0 bridgehead atoms. The highest BCUT2D eigenvalue weighted by molar-refractivity contribution is 7.80. The van der Waals surface area contributed by atoms with E-state index < -0.39 is 7.92 Å². The van der Waals surface area contributed by atoms with Crippen LogP contribution in [0.2, 0.25) is 0 Å². The molecule has 3 heteroatoms. The fourth-order valence-electron chi connectivity index (χ4n) is 4.92. The van der Waals surface area contributed by atoms with E-state index in [1.165, 1.54) is 32.6 Å². The van der Waals surface area contributed by atoms with Gasteiger partial charge in [0.1, 0.15) is 11.9 Å². The molecule has 5 aromatic rings. The summed E-state index contributed by atoms with van der Waals surface area (Å²) in [5.74, 6) is 0.965. The highest BCUT2D eigenvalue weighted by atomic mass is 31.1. The molecule has 1 aliphatic rings. The van der Waals surface area contributed by atoms with Gasteiger partial charge in [0.2, 0.25) is 0 Å². The summed E-state index contributed by atoms with van der Waals surface area (Å²) in [7, 11) is -0.741. The monoisotopic (exact) mass is 482 g/mol. The van der Waals surface area contributed by atoms with Gasteiger partial charge in [0.25, 0.3) is 0 Å². The van der Waals surface area contributed by atoms with Crippen molar-refractivity contribution >= 4 is 29.7 Å². The fourth-order valence-corrected chi connectivity index (χ4v) is 7.37. The van der Waals surface area contributed by atoms with Crippen molar-refractivity contribution < 1.29 is 0 Å². The van der Waals surface area contributed by atoms with E-state index in [-0.39, 0.29) is 12.1 Å². The second kappa shape index (κ2) is 10.3. The normalized spacial score (nSPS) is 17.0. The zero-order valence-electron chi connectivity index (χ0n) is 19.9. The highest BCUT2D eigenvalue weighted by Gasteiger charge is 2.33. The maximum atomic E-state index is 5.33. The molecule has 2 atom stereocenters. The van der Waals surface area contributed by atoms with Gasteiger partial charge in [-0.15, -0.1) is 0 Å². The van der Waals surface area contributed by atoms with E-state index in [1.807, 2.05) is 0 Å². The van der Waals surface area contributed by atoms with Gasteiger partial charge >= 0.3 is 0 Å². The molecule has 1 aliphatic heterocycles. The van der Waals surface area contributed by atoms with Crippen LogP contribution in [-0.2, 0) is 0 Å². The third-order valence-corrected chi connectivity index (χ3v) is 9.11. The SMILES string of the molecule is c1ccc([C@@H]2N=C(c3ccccc3P(c3ccccc3)c3ccccc3)N[C@H]2c2ccccc2)cc1. The van der Waals surface area contributed by atoms with E-state index in [2.05, 4.69) is 151 Å². The Morgan fingerprint density at radius 1 is 0.500 bits per heavy atom. The minimum atomic E-state index is -0.741. The Morgan fingerprint density at radius 2 is 0.972 bits per heavy atom. The quantitative estimate of drug-likeness (QED) is 0.283. The molecule has 0 amide bonds. The molecule has 1 N–H and O–H groups in total. The van der Waals surface area contributed by atoms with Crippen molar-refractivity contribution in [1.29, 1.82) is 0 Å². The first-order valence-corrected chi connectivity index (χ1v) is 13.7. The summed E-state index contributed by atoms with van der Waals surface area (Å²) in [4.78, 5) is 5.33. The van der Waals surface area contributed by atoms with Gasteiger partial charge in [-0.05, 0) is 35.0 Å². The minimum absolute atomic E-state index is 0.0105. The summed E-state index contributed by atoms with van der Waals surface area (Å²) in [5.41, 5.74) is 3.64. The lowest BCUT2D eigenvalue weighted by atomic mass is 9.95. The standard InChI is InChI=1S/C33H27N2P/c1-5-15-25(16-6-1)31-32(26-17-7-2-8-18-26)35-33(34-31)29-23-13-14-24-30(29)36(27-19-9-3-10-20-27)28-21-11-4-12-22-28/h1-24,31-32H,(H,34,35)/t31-,32-/m0/s1. The van der Waals surface area contributed by atoms with Crippen molar-refractivity contribution in [1.82, 2.24) is 5.32 Å². The molecule has 2 nitrogen and oxygen atoms in total. The van der Waals surface area contributed by atoms with Crippen LogP contribution in [0.5, 0.6) is 0 Å². The van der Waals surface area contributed by atoms with Crippen LogP contribution in [0.1, 0.15) is 28.8 Å². The van der Waals surface area contributed by atoms with Gasteiger partial charge in [0.05, 0.1) is 6.04 Å². The Hall–Kier alpha value is -4.00. The maximum absolute atomic E-state index is 5.33. The smallest absolute Gasteiger partial charge is 0.130 e. The first-order chi connectivity index (χ1) is 17.9. The van der Waals surface area contributed by atoms with Crippen LogP contribution in [-0.4, -0.2) is 5.84 Å². The molecule has 0 fully saturated rings. The van der Waals surface area contributed by atoms with Gasteiger partial charge in [0, 0.05) is 5.56 Å². The lowest BCUT2D eigenvalue weighted by Crippen LogP contribution is -2.31. The molecule has 0 aliphatic carbocycles. The predicted octanol–water partition coefficient (Wildman–Crippen LogP) is 6.28. The molecule has 0 saturated heterocycles. The molecule has 5 aromatic carbocycles. The zero-order chi connectivity index (χ0) is 24.2. The van der Waals surface area contributed by atoms with Gasteiger partial charge in [-0.2, -0.15) is 0 Å². The summed E-state index contributed by atoms with van der Waals surface area (Å²) in [6, 6.07) is 51.9. The van der Waals surface area contributed by atoms with Crippen LogP contribution < -0.4 is 21.2 Å². The van der Waals surface area contributed by atoms with Crippen LogP contribution in [0.25, 0.3) is 0 Å². The number of nitrogens with one attached hydrogen (secondary N) is 1. The summed E-state index contributed by atoms with van der Waals surface area (Å²) >= 11 is 0. The van der Waals surface area contributed by atoms with E-state index in [1.54, 1.807) is 0 Å². The molecule has 1 heterocycles. The van der Waals surface area contributed by atoms with Gasteiger partial charge < -0.3 is 5.32 Å². The Balaban J connectivity index is 1.48. The molecule has 6 rings (SSSR count). The van der Waals surface area contributed by atoms with Crippen molar-refractivity contribution in [2.24, 2.45) is 4.99 Å². The van der Waals surface area contributed by atoms with Crippen LogP contribution in [0.3, 0.4) is 0 Å². The average molecular weight is 483 g/mol. The van der Waals surface area contributed by atoms with Crippen LogP contribution in [0, 0.1) is 0 Å². The molecule has 0 spiro atoms. The van der Waals surface area contributed by atoms with Crippen molar-refractivity contribution in [2.45, 2.75) is 12.1 Å². The molecular weight excluding hydrogens is 455 g/mol. The third-order valence-electron chi connectivity index (χ3n) is 6.60. The number of hydrogen-bond acceptors (Lipinski definition) is 2. The Bertz CT molecular complexity index is 1410. The second-order valence-corrected chi connectivity index (χ2v) is 11.1. The van der Waals surface area contributed by atoms with E-state index >= 15 is 0 Å². The molecule has 0 unspecified atom stereocenters. The number of amidine groups is 1. The molecule has 0 aromatic heterocycles. The van der Waals surface area contributed by atoms with E-state index in [0.717, 1.165) is 5.84 Å². The molecule has 174 valence electrons. The maximum Gasteiger partial charge on any atom is 0.130 e. The van der Waals surface area contributed by atoms with E-state index in [4.69, 9.17) is 4.99 Å². The van der Waals surface area contributed by atoms with Crippen molar-refractivity contribution in [3.05, 3.63) is 162 Å². The molecule has 36 heavy (non-hydrogen) atoms. The molecule has 0 radical (unpaired) electrons. The Kier molecular flexibility index (Phi) is 6.44. The van der Waals surface area contributed by atoms with E-state index in [9.17, 15) is 0 Å². The summed E-state index contributed by atoms with van der Waals surface area (Å²) in [6.07, 6.45) is 0. The second-order valence-electron chi connectivity index (χ2n) is 8.89. The first kappa shape index (κ1) is 22.5. The zero-order valence-corrected chi connectivity index (χ0v) is 20.8. The third kappa shape index (κ3) is 4.49. The lowest BCUT2D eigenvalue weighted by molar-refractivity contribution is 0.572. The van der Waals surface area contributed by atoms with Gasteiger partial charge in [0.15, 0.2) is 0 Å². The molecular formula is C33H27N2P. The topological polar surface area (TPSA) is 24.4 Å². The molecule has 0 saturated carbocycles. The Morgan fingerprint density at radius 3 is 1.56 bits per heavy atom. The van der Waals surface area contributed by atoms with Crippen molar-refractivity contribution in [2.75, 3.05) is 0 Å². The van der Waals surface area contributed by atoms with Crippen LogP contribution >= 0.6 is 7.92 Å². The number of rotatable bonds is 6. The largest absolute Gasteiger partial charge is 0.361 e. The van der Waals surface area contributed by atoms with Crippen molar-refractivity contribution in [3.63, 3.8) is 0 Å². The summed E-state index contributed by atoms with van der Waals surface area (Å²) < 4.78 is 0. The number of nitrogens with zero attached hydrogens (tertiary/aromatic N) is 1. The number of hydrogen-bond donors (Lipinski definition) is 1. The fraction of sp³-hybridized carbons (Fsp3) is 0.0606. The lowest BCUT2D eigenvalue weighted by Gasteiger charge is -2.23. The Labute approximate surface area is 214 Å². The van der Waals surface area contributed by atoms with Crippen LogP contribution in [0.4, 0.5) is 0 Å². The van der Waals surface area contributed by atoms with Gasteiger partial charge in [-0.1, -0.05) is 146 Å². The number of benzene rings is 5.